The number of rotatable bonds is 5. The summed E-state index contributed by atoms with van der Waals surface area (Å²) in [5.41, 5.74) is 0.267. The zero-order valence-corrected chi connectivity index (χ0v) is 17.7. The average Bonchev–Trinajstić information content (AvgIpc) is 2.70. The quantitative estimate of drug-likeness (QED) is 0.644. The molecule has 0 spiro atoms. The van der Waals surface area contributed by atoms with Crippen LogP contribution >= 0.6 is 11.6 Å². The molecule has 1 saturated carbocycles. The van der Waals surface area contributed by atoms with Gasteiger partial charge in [0.05, 0.1) is 5.02 Å². The maximum Gasteiger partial charge on any atom is 0.451 e. The van der Waals surface area contributed by atoms with Crippen LogP contribution in [-0.4, -0.2) is 42.1 Å². The maximum atomic E-state index is 13.3. The van der Waals surface area contributed by atoms with Crippen LogP contribution in [0, 0.1) is 5.82 Å². The minimum absolute atomic E-state index is 0.0839. The van der Waals surface area contributed by atoms with Crippen LogP contribution in [0.1, 0.15) is 41.9 Å². The Morgan fingerprint density at radius 1 is 1.10 bits per heavy atom. The second-order valence-corrected chi connectivity index (χ2v) is 8.03. The van der Waals surface area contributed by atoms with Crippen molar-refractivity contribution in [3.05, 3.63) is 46.5 Å². The molecule has 0 radical (unpaired) electrons. The van der Waals surface area contributed by atoms with Crippen molar-refractivity contribution in [3.63, 3.8) is 0 Å². The molecule has 11 heteroatoms. The van der Waals surface area contributed by atoms with E-state index in [9.17, 15) is 22.4 Å². The Labute approximate surface area is 182 Å². The minimum Gasteiger partial charge on any atom is -0.367 e. The van der Waals surface area contributed by atoms with Gasteiger partial charge in [0.2, 0.25) is 5.82 Å². The van der Waals surface area contributed by atoms with E-state index in [0.717, 1.165) is 6.07 Å². The SMILES string of the molecule is CN(C)c1cc(NC2CCC(NC(=O)c3ccc(F)c(Cl)c3)CC2)nc(C(F)(F)F)n1. The number of halogens is 5. The topological polar surface area (TPSA) is 70.2 Å². The number of amides is 1. The first-order chi connectivity index (χ1) is 14.5. The van der Waals surface area contributed by atoms with Gasteiger partial charge in [-0.15, -0.1) is 0 Å². The fraction of sp³-hybridized carbons (Fsp3) is 0.450. The number of carbonyl (C=O) groups excluding carboxylic acids is 1. The van der Waals surface area contributed by atoms with E-state index in [-0.39, 0.29) is 40.2 Å². The maximum absolute atomic E-state index is 13.3. The Kier molecular flexibility index (Phi) is 6.88. The molecule has 1 heterocycles. The highest BCUT2D eigenvalue weighted by Gasteiger charge is 2.36. The molecule has 0 atom stereocenters. The molecule has 0 aliphatic heterocycles. The van der Waals surface area contributed by atoms with E-state index in [4.69, 9.17) is 11.6 Å². The lowest BCUT2D eigenvalue weighted by Crippen LogP contribution is -2.40. The zero-order chi connectivity index (χ0) is 22.8. The van der Waals surface area contributed by atoms with Crippen LogP contribution in [0.4, 0.5) is 29.2 Å². The van der Waals surface area contributed by atoms with Gasteiger partial charge in [0.1, 0.15) is 17.5 Å². The predicted molar refractivity (Wildman–Crippen MR) is 110 cm³/mol. The standard InChI is InChI=1S/C20H22ClF4N5O/c1-30(2)17-10-16(28-19(29-17)20(23,24)25)26-12-4-6-13(7-5-12)27-18(31)11-3-8-15(22)14(21)9-11/h3,8-10,12-13H,4-7H2,1-2H3,(H,27,31)(H,26,28,29). The van der Waals surface area contributed by atoms with Gasteiger partial charge in [0.15, 0.2) is 0 Å². The summed E-state index contributed by atoms with van der Waals surface area (Å²) in [7, 11) is 3.21. The highest BCUT2D eigenvalue weighted by Crippen LogP contribution is 2.30. The van der Waals surface area contributed by atoms with Crippen LogP contribution in [0.15, 0.2) is 24.3 Å². The van der Waals surface area contributed by atoms with Crippen LogP contribution in [0.25, 0.3) is 0 Å². The minimum atomic E-state index is -4.65. The zero-order valence-electron chi connectivity index (χ0n) is 16.9. The van der Waals surface area contributed by atoms with Gasteiger partial charge in [0.25, 0.3) is 5.91 Å². The van der Waals surface area contributed by atoms with Crippen molar-refractivity contribution in [1.82, 2.24) is 15.3 Å². The third kappa shape index (κ3) is 5.96. The van der Waals surface area contributed by atoms with E-state index in [0.29, 0.717) is 25.7 Å². The molecule has 1 aromatic carbocycles. The van der Waals surface area contributed by atoms with Crippen LogP contribution in [0.2, 0.25) is 5.02 Å². The average molecular weight is 460 g/mol. The lowest BCUT2D eigenvalue weighted by Gasteiger charge is -2.30. The number of hydrogen-bond acceptors (Lipinski definition) is 5. The summed E-state index contributed by atoms with van der Waals surface area (Å²) in [6.07, 6.45) is -2.10. The molecular weight excluding hydrogens is 438 g/mol. The Balaban J connectivity index is 1.59. The smallest absolute Gasteiger partial charge is 0.367 e. The molecule has 1 aromatic heterocycles. The molecule has 31 heavy (non-hydrogen) atoms. The second kappa shape index (κ2) is 9.25. The van der Waals surface area contributed by atoms with Gasteiger partial charge in [0, 0.05) is 37.8 Å². The summed E-state index contributed by atoms with van der Waals surface area (Å²) in [5.74, 6) is -1.87. The highest BCUT2D eigenvalue weighted by atomic mass is 35.5. The molecule has 2 aromatic rings. The Morgan fingerprint density at radius 2 is 1.74 bits per heavy atom. The van der Waals surface area contributed by atoms with Crippen LogP contribution < -0.4 is 15.5 Å². The fourth-order valence-electron chi connectivity index (χ4n) is 3.36. The van der Waals surface area contributed by atoms with Gasteiger partial charge in [-0.05, 0) is 43.9 Å². The van der Waals surface area contributed by atoms with Crippen LogP contribution in [-0.2, 0) is 6.18 Å². The van der Waals surface area contributed by atoms with Crippen molar-refractivity contribution in [3.8, 4) is 0 Å². The number of carbonyl (C=O) groups is 1. The van der Waals surface area contributed by atoms with Gasteiger partial charge in [-0.25, -0.2) is 14.4 Å². The first kappa shape index (κ1) is 23.1. The van der Waals surface area contributed by atoms with E-state index in [2.05, 4.69) is 20.6 Å². The molecule has 0 bridgehead atoms. The number of nitrogens with one attached hydrogen (secondary N) is 2. The van der Waals surface area contributed by atoms with Crippen molar-refractivity contribution < 1.29 is 22.4 Å². The number of aromatic nitrogens is 2. The van der Waals surface area contributed by atoms with Crippen molar-refractivity contribution >= 4 is 29.1 Å². The number of nitrogens with zero attached hydrogens (tertiary/aromatic N) is 3. The van der Waals surface area contributed by atoms with Crippen molar-refractivity contribution in [2.24, 2.45) is 0 Å². The van der Waals surface area contributed by atoms with Gasteiger partial charge < -0.3 is 15.5 Å². The monoisotopic (exact) mass is 459 g/mol. The highest BCUT2D eigenvalue weighted by molar-refractivity contribution is 6.31. The largest absolute Gasteiger partial charge is 0.451 e. The first-order valence-corrected chi connectivity index (χ1v) is 10.1. The summed E-state index contributed by atoms with van der Waals surface area (Å²) in [4.78, 5) is 21.0. The molecule has 6 nitrogen and oxygen atoms in total. The first-order valence-electron chi connectivity index (χ1n) is 9.69. The summed E-state index contributed by atoms with van der Waals surface area (Å²) >= 11 is 5.72. The number of benzene rings is 1. The number of anilines is 2. The Bertz CT molecular complexity index is 946. The summed E-state index contributed by atoms with van der Waals surface area (Å²) in [6.45, 7) is 0. The van der Waals surface area contributed by atoms with Gasteiger partial charge >= 0.3 is 6.18 Å². The summed E-state index contributed by atoms with van der Waals surface area (Å²) < 4.78 is 52.6. The summed E-state index contributed by atoms with van der Waals surface area (Å²) in [5, 5.41) is 5.82. The Morgan fingerprint density at radius 3 is 2.32 bits per heavy atom. The van der Waals surface area contributed by atoms with Crippen molar-refractivity contribution in [2.75, 3.05) is 24.3 Å². The third-order valence-electron chi connectivity index (χ3n) is 5.02. The number of alkyl halides is 3. The van der Waals surface area contributed by atoms with Gasteiger partial charge in [-0.2, -0.15) is 13.2 Å². The molecule has 3 rings (SSSR count). The molecule has 1 aliphatic carbocycles. The van der Waals surface area contributed by atoms with Gasteiger partial charge in [-0.1, -0.05) is 11.6 Å². The van der Waals surface area contributed by atoms with Crippen LogP contribution in [0.3, 0.4) is 0 Å². The molecule has 2 N–H and O–H groups in total. The molecule has 1 fully saturated rings. The molecule has 1 aliphatic rings. The lowest BCUT2D eigenvalue weighted by molar-refractivity contribution is -0.144. The molecule has 0 unspecified atom stereocenters. The molecular formula is C20H22ClF4N5O. The normalized spacial score (nSPS) is 19.1. The van der Waals surface area contributed by atoms with Crippen LogP contribution in [0.5, 0.6) is 0 Å². The fourth-order valence-corrected chi connectivity index (χ4v) is 3.54. The van der Waals surface area contributed by atoms with E-state index in [1.807, 2.05) is 0 Å². The predicted octanol–water partition coefficient (Wildman–Crippen LogP) is 4.51. The van der Waals surface area contributed by atoms with Crippen molar-refractivity contribution in [2.45, 2.75) is 43.9 Å². The Hall–Kier alpha value is -2.62. The van der Waals surface area contributed by atoms with Gasteiger partial charge in [-0.3, -0.25) is 4.79 Å². The number of hydrogen-bond donors (Lipinski definition) is 2. The lowest BCUT2D eigenvalue weighted by atomic mass is 9.91. The molecule has 168 valence electrons. The molecule has 1 amide bonds. The molecule has 0 saturated heterocycles. The van der Waals surface area contributed by atoms with E-state index in [1.165, 1.54) is 23.1 Å². The van der Waals surface area contributed by atoms with E-state index in [1.54, 1.807) is 14.1 Å². The van der Waals surface area contributed by atoms with Crippen molar-refractivity contribution in [1.29, 1.82) is 0 Å². The second-order valence-electron chi connectivity index (χ2n) is 7.62. The van der Waals surface area contributed by atoms with E-state index < -0.39 is 17.8 Å². The third-order valence-corrected chi connectivity index (χ3v) is 5.31. The van der Waals surface area contributed by atoms with E-state index >= 15 is 0 Å². The summed E-state index contributed by atoms with van der Waals surface area (Å²) in [6, 6.07) is 5.06.